The van der Waals surface area contributed by atoms with Crippen molar-refractivity contribution in [3.05, 3.63) is 48.6 Å². The predicted octanol–water partition coefficient (Wildman–Crippen LogP) is 16.6. The molecule has 0 aromatic rings. The van der Waals surface area contributed by atoms with E-state index in [1.807, 2.05) is 0 Å². The summed E-state index contributed by atoms with van der Waals surface area (Å²) in [6, 6.07) is 0. The first-order valence-corrected chi connectivity index (χ1v) is 30.0. The van der Waals surface area contributed by atoms with Crippen molar-refractivity contribution in [2.75, 3.05) is 26.4 Å². The molecule has 3 unspecified atom stereocenters. The minimum atomic E-state index is -4.74. The Balaban J connectivity index is 4.63. The highest BCUT2D eigenvalue weighted by Crippen LogP contribution is 2.43. The van der Waals surface area contributed by atoms with Crippen LogP contribution in [0, 0.1) is 0 Å². The van der Waals surface area contributed by atoms with Crippen molar-refractivity contribution in [3.8, 4) is 0 Å². The lowest BCUT2D eigenvalue weighted by Crippen LogP contribution is -2.30. The first-order valence-electron chi connectivity index (χ1n) is 28.5. The summed E-state index contributed by atoms with van der Waals surface area (Å²) in [6.45, 7) is 4.57. The lowest BCUT2D eigenvalue weighted by atomic mass is 10.1. The van der Waals surface area contributed by atoms with Gasteiger partial charge in [0.1, 0.15) is 12.7 Å². The summed E-state index contributed by atoms with van der Waals surface area (Å²) < 4.78 is 39.4. The lowest BCUT2D eigenvalue weighted by molar-refractivity contribution is -0.161. The smallest absolute Gasteiger partial charge is 0.462 e. The molecule has 0 saturated carbocycles. The number of aliphatic hydroxyl groups excluding tert-OH is 1. The van der Waals surface area contributed by atoms with Crippen molar-refractivity contribution in [1.29, 1.82) is 0 Å². The van der Waals surface area contributed by atoms with Gasteiger partial charge >= 0.3 is 25.7 Å². The molecule has 0 heterocycles. The van der Waals surface area contributed by atoms with Crippen LogP contribution < -0.4 is 0 Å². The lowest BCUT2D eigenvalue weighted by Gasteiger charge is -2.21. The van der Waals surface area contributed by atoms with Gasteiger partial charge in [-0.2, -0.15) is 0 Å². The number of hydrogen-bond donors (Lipinski definition) is 2. The van der Waals surface area contributed by atoms with Crippen LogP contribution in [0.5, 0.6) is 0 Å². The van der Waals surface area contributed by atoms with Crippen LogP contribution in [0.15, 0.2) is 48.6 Å². The normalized spacial score (nSPS) is 13.7. The summed E-state index contributed by atoms with van der Waals surface area (Å²) in [5.74, 6) is -1.47. The zero-order valence-corrected chi connectivity index (χ0v) is 45.9. The quantitative estimate of drug-likeness (QED) is 0.0197. The van der Waals surface area contributed by atoms with Gasteiger partial charge in [-0.1, -0.05) is 211 Å². The van der Waals surface area contributed by atoms with Gasteiger partial charge < -0.3 is 24.2 Å². The van der Waals surface area contributed by atoms with Crippen molar-refractivity contribution < 1.29 is 52.2 Å². The summed E-state index contributed by atoms with van der Waals surface area (Å²) in [5.41, 5.74) is 0. The molecule has 0 aliphatic heterocycles. The average Bonchev–Trinajstić information content (AvgIpc) is 3.35. The summed E-state index contributed by atoms with van der Waals surface area (Å²) in [4.78, 5) is 48.4. The number of rotatable bonds is 53. The number of phosphoric acid groups is 1. The molecule has 0 saturated heterocycles. The second-order valence-electron chi connectivity index (χ2n) is 19.1. The Morgan fingerprint density at radius 1 is 0.400 bits per heavy atom. The average molecular weight is 1010 g/mol. The monoisotopic (exact) mass is 1010 g/mol. The highest BCUT2D eigenvalue weighted by molar-refractivity contribution is 7.47. The van der Waals surface area contributed by atoms with Gasteiger partial charge in [0.05, 0.1) is 19.8 Å². The number of hydrogen-bond acceptors (Lipinski definition) is 10. The molecule has 0 radical (unpaired) electrons. The maximum Gasteiger partial charge on any atom is 0.472 e. The Hall–Kier alpha value is -2.56. The zero-order chi connectivity index (χ0) is 51.3. The van der Waals surface area contributed by atoms with Gasteiger partial charge in [-0.15, -0.1) is 0 Å². The van der Waals surface area contributed by atoms with Crippen molar-refractivity contribution in [1.82, 2.24) is 0 Å². The number of aliphatic hydroxyl groups is 1. The second-order valence-corrected chi connectivity index (χ2v) is 20.6. The maximum absolute atomic E-state index is 12.9. The number of esters is 3. The van der Waals surface area contributed by atoms with Gasteiger partial charge in [-0.3, -0.25) is 23.4 Å². The summed E-state index contributed by atoms with van der Waals surface area (Å²) in [6.07, 6.45) is 55.0. The molecule has 0 amide bonds. The molecule has 0 aromatic carbocycles. The fourth-order valence-corrected chi connectivity index (χ4v) is 8.61. The molecule has 2 N–H and O–H groups in total. The van der Waals surface area contributed by atoms with Crippen molar-refractivity contribution in [2.45, 2.75) is 277 Å². The highest BCUT2D eigenvalue weighted by Gasteiger charge is 2.28. The minimum absolute atomic E-state index is 0.160. The molecule has 3 atom stereocenters. The molecule has 11 nitrogen and oxygen atoms in total. The standard InChI is InChI=1S/C58H105O11P/c1-4-7-10-13-16-19-21-23-25-27-29-31-33-36-39-42-45-48-57(61)68-54(50-59)52-66-70(63,64)67-53-55(51-65-56(60)47-44-41-38-35-18-15-12-9-6-3)69-58(62)49-46-43-40-37-34-32-30-28-26-24-22-20-17-14-11-8-5-2/h16-17,19-20,23-26,54-55,59H,4-15,18,21-22,27-53H2,1-3H3,(H,63,64)/b19-16-,20-17-,25-23-,26-24-. The Morgan fingerprint density at radius 2 is 0.700 bits per heavy atom. The molecule has 0 aromatic heterocycles. The number of phosphoric ester groups is 1. The molecule has 0 aliphatic carbocycles. The van der Waals surface area contributed by atoms with Crippen LogP contribution in [0.4, 0.5) is 0 Å². The number of ether oxygens (including phenoxy) is 3. The van der Waals surface area contributed by atoms with Gasteiger partial charge in [0.25, 0.3) is 0 Å². The first kappa shape index (κ1) is 67.4. The Labute approximate surface area is 428 Å². The van der Waals surface area contributed by atoms with E-state index in [1.165, 1.54) is 109 Å². The van der Waals surface area contributed by atoms with E-state index in [4.69, 9.17) is 23.3 Å². The van der Waals surface area contributed by atoms with Gasteiger partial charge in [0.15, 0.2) is 6.10 Å². The Kier molecular flexibility index (Phi) is 50.8. The van der Waals surface area contributed by atoms with Crippen LogP contribution in [0.2, 0.25) is 0 Å². The third-order valence-corrected chi connectivity index (χ3v) is 13.2. The maximum atomic E-state index is 12.9. The van der Waals surface area contributed by atoms with Gasteiger partial charge in [-0.25, -0.2) is 4.57 Å². The van der Waals surface area contributed by atoms with Crippen LogP contribution >= 0.6 is 7.82 Å². The number of carbonyl (C=O) groups is 3. The number of unbranched alkanes of at least 4 members (excludes halogenated alkanes) is 28. The highest BCUT2D eigenvalue weighted by atomic mass is 31.2. The van der Waals surface area contributed by atoms with Crippen LogP contribution in [-0.4, -0.2) is 66.5 Å². The Morgan fingerprint density at radius 3 is 1.09 bits per heavy atom. The van der Waals surface area contributed by atoms with Gasteiger partial charge in [0, 0.05) is 19.3 Å². The fraction of sp³-hybridized carbons (Fsp3) is 0.810. The van der Waals surface area contributed by atoms with Crippen LogP contribution in [0.25, 0.3) is 0 Å². The predicted molar refractivity (Wildman–Crippen MR) is 289 cm³/mol. The number of allylic oxidation sites excluding steroid dienone is 8. The summed E-state index contributed by atoms with van der Waals surface area (Å²) in [7, 11) is -4.74. The van der Waals surface area contributed by atoms with Gasteiger partial charge in [0.2, 0.25) is 0 Å². The van der Waals surface area contributed by atoms with Crippen LogP contribution in [0.1, 0.15) is 265 Å². The number of carbonyl (C=O) groups excluding carboxylic acids is 3. The van der Waals surface area contributed by atoms with E-state index >= 15 is 0 Å². The van der Waals surface area contributed by atoms with Crippen molar-refractivity contribution in [2.24, 2.45) is 0 Å². The molecule has 0 fully saturated rings. The van der Waals surface area contributed by atoms with E-state index in [0.29, 0.717) is 19.3 Å². The molecule has 0 bridgehead atoms. The molecule has 408 valence electrons. The fourth-order valence-electron chi connectivity index (χ4n) is 7.83. The van der Waals surface area contributed by atoms with Gasteiger partial charge in [-0.05, 0) is 83.5 Å². The molecule has 0 rings (SSSR count). The summed E-state index contributed by atoms with van der Waals surface area (Å²) in [5, 5.41) is 9.80. The van der Waals surface area contributed by atoms with Crippen LogP contribution in [0.3, 0.4) is 0 Å². The molecular weight excluding hydrogens is 904 g/mol. The SMILES string of the molecule is CCCCC/C=C\C/C=C\CCCCCCCCCC(=O)OC(CO)COP(=O)(O)OCC(COC(=O)CCCCCCCCCCC)OC(=O)CCCCCCCCC/C=C\C/C=C\CCCCC. The molecule has 0 spiro atoms. The van der Waals surface area contributed by atoms with E-state index in [1.54, 1.807) is 0 Å². The van der Waals surface area contributed by atoms with Crippen molar-refractivity contribution >= 4 is 25.7 Å². The van der Waals surface area contributed by atoms with Crippen LogP contribution in [-0.2, 0) is 42.2 Å². The van der Waals surface area contributed by atoms with E-state index < -0.39 is 57.8 Å². The minimum Gasteiger partial charge on any atom is -0.462 e. The third-order valence-electron chi connectivity index (χ3n) is 12.2. The molecular formula is C58H105O11P. The topological polar surface area (TPSA) is 155 Å². The Bertz CT molecular complexity index is 1360. The molecule has 70 heavy (non-hydrogen) atoms. The zero-order valence-electron chi connectivity index (χ0n) is 45.0. The third kappa shape index (κ3) is 50.4. The van der Waals surface area contributed by atoms with E-state index in [-0.39, 0.29) is 25.9 Å². The molecule has 12 heteroatoms. The van der Waals surface area contributed by atoms with Crippen molar-refractivity contribution in [3.63, 3.8) is 0 Å². The second kappa shape index (κ2) is 52.8. The largest absolute Gasteiger partial charge is 0.472 e. The van der Waals surface area contributed by atoms with E-state index in [9.17, 15) is 28.9 Å². The summed E-state index contributed by atoms with van der Waals surface area (Å²) >= 11 is 0. The van der Waals surface area contributed by atoms with E-state index in [2.05, 4.69) is 69.4 Å². The first-order chi connectivity index (χ1) is 34.2. The van der Waals surface area contributed by atoms with E-state index in [0.717, 1.165) is 96.3 Å². The molecule has 0 aliphatic rings.